The Balaban J connectivity index is 2.14. The summed E-state index contributed by atoms with van der Waals surface area (Å²) in [6.07, 6.45) is 0. The van der Waals surface area contributed by atoms with Gasteiger partial charge >= 0.3 is 0 Å². The summed E-state index contributed by atoms with van der Waals surface area (Å²) in [4.78, 5) is 12.1. The van der Waals surface area contributed by atoms with Crippen LogP contribution in [-0.2, 0) is 0 Å². The van der Waals surface area contributed by atoms with Crippen molar-refractivity contribution in [1.82, 2.24) is 5.32 Å². The first-order valence-electron chi connectivity index (χ1n) is 6.34. The zero-order chi connectivity index (χ0) is 15.4. The number of hydrogen-bond acceptors (Lipinski definition) is 4. The maximum absolute atomic E-state index is 12.1. The highest BCUT2D eigenvalue weighted by Gasteiger charge is 2.13. The molecule has 3 N–H and O–H groups in total. The van der Waals surface area contributed by atoms with Crippen LogP contribution in [0.15, 0.2) is 42.5 Å². The van der Waals surface area contributed by atoms with Gasteiger partial charge < -0.3 is 15.5 Å². The fourth-order valence-electron chi connectivity index (χ4n) is 1.91. The topological polar surface area (TPSA) is 93.3 Å². The average molecular weight is 282 g/mol. The van der Waals surface area contributed by atoms with Gasteiger partial charge in [0.25, 0.3) is 5.91 Å². The molecule has 2 rings (SSSR count). The van der Waals surface area contributed by atoms with E-state index in [1.54, 1.807) is 25.1 Å². The van der Waals surface area contributed by atoms with Gasteiger partial charge in [-0.1, -0.05) is 12.1 Å². The lowest BCUT2D eigenvalue weighted by Crippen LogP contribution is -2.26. The molecule has 0 saturated carbocycles. The molecule has 1 atom stereocenters. The van der Waals surface area contributed by atoms with Gasteiger partial charge in [-0.3, -0.25) is 4.79 Å². The highest BCUT2D eigenvalue weighted by atomic mass is 16.3. The Labute approximate surface area is 122 Å². The molecule has 0 aliphatic carbocycles. The first-order valence-corrected chi connectivity index (χ1v) is 6.34. The summed E-state index contributed by atoms with van der Waals surface area (Å²) in [5, 5.41) is 30.3. The molecule has 0 unspecified atom stereocenters. The predicted octanol–water partition coefficient (Wildman–Crippen LogP) is 2.46. The average Bonchev–Trinajstić information content (AvgIpc) is 2.49. The number of rotatable bonds is 3. The second-order valence-electron chi connectivity index (χ2n) is 4.64. The fraction of sp³-hybridized carbons (Fsp3) is 0.125. The number of hydrogen-bond donors (Lipinski definition) is 3. The van der Waals surface area contributed by atoms with Crippen molar-refractivity contribution < 1.29 is 15.0 Å². The summed E-state index contributed by atoms with van der Waals surface area (Å²) in [5.74, 6) is -0.997. The summed E-state index contributed by atoms with van der Waals surface area (Å²) < 4.78 is 0. The third-order valence-electron chi connectivity index (χ3n) is 3.10. The molecule has 0 fully saturated rings. The lowest BCUT2D eigenvalue weighted by Gasteiger charge is -2.15. The number of carbonyl (C=O) groups excluding carboxylic acids is 1. The summed E-state index contributed by atoms with van der Waals surface area (Å²) in [5.41, 5.74) is 1.58. The maximum atomic E-state index is 12.1. The van der Waals surface area contributed by atoms with E-state index < -0.39 is 0 Å². The van der Waals surface area contributed by atoms with Crippen molar-refractivity contribution in [2.24, 2.45) is 0 Å². The molecule has 1 amide bonds. The van der Waals surface area contributed by atoms with Gasteiger partial charge in [0.1, 0.15) is 0 Å². The Morgan fingerprint density at radius 3 is 2.62 bits per heavy atom. The van der Waals surface area contributed by atoms with E-state index in [1.807, 2.05) is 12.1 Å². The molecule has 106 valence electrons. The summed E-state index contributed by atoms with van der Waals surface area (Å²) >= 11 is 0. The Kier molecular flexibility index (Phi) is 4.10. The van der Waals surface area contributed by atoms with E-state index in [0.717, 1.165) is 5.56 Å². The van der Waals surface area contributed by atoms with Crippen LogP contribution in [0.25, 0.3) is 0 Å². The minimum atomic E-state index is -0.375. The van der Waals surface area contributed by atoms with Gasteiger partial charge in [0, 0.05) is 5.56 Å². The van der Waals surface area contributed by atoms with Gasteiger partial charge in [-0.2, -0.15) is 5.26 Å². The molecule has 0 aliphatic heterocycles. The van der Waals surface area contributed by atoms with Gasteiger partial charge in [-0.15, -0.1) is 0 Å². The van der Waals surface area contributed by atoms with Crippen LogP contribution in [0.4, 0.5) is 0 Å². The number of nitrogens with one attached hydrogen (secondary N) is 1. The first kappa shape index (κ1) is 14.4. The van der Waals surface area contributed by atoms with Crippen LogP contribution < -0.4 is 5.32 Å². The van der Waals surface area contributed by atoms with Crippen molar-refractivity contribution in [1.29, 1.82) is 5.26 Å². The van der Waals surface area contributed by atoms with Crippen molar-refractivity contribution in [3.05, 3.63) is 59.2 Å². The van der Waals surface area contributed by atoms with Gasteiger partial charge in [0.15, 0.2) is 11.5 Å². The molecule has 2 aromatic carbocycles. The highest BCUT2D eigenvalue weighted by molar-refractivity contribution is 5.95. The molecular formula is C16H14N2O3. The van der Waals surface area contributed by atoms with E-state index in [9.17, 15) is 15.0 Å². The molecule has 5 heteroatoms. The van der Waals surface area contributed by atoms with Crippen LogP contribution in [0.5, 0.6) is 11.5 Å². The molecule has 2 aromatic rings. The van der Waals surface area contributed by atoms with Crippen molar-refractivity contribution in [3.8, 4) is 17.6 Å². The van der Waals surface area contributed by atoms with Crippen LogP contribution in [0.2, 0.25) is 0 Å². The quantitative estimate of drug-likeness (QED) is 0.754. The molecule has 0 saturated heterocycles. The minimum Gasteiger partial charge on any atom is -0.504 e. The van der Waals surface area contributed by atoms with Crippen LogP contribution >= 0.6 is 0 Å². The number of aromatic hydroxyl groups is 2. The number of carbonyl (C=O) groups is 1. The Hall–Kier alpha value is -3.00. The minimum absolute atomic E-state index is 0.244. The van der Waals surface area contributed by atoms with Crippen LogP contribution in [0.3, 0.4) is 0 Å². The van der Waals surface area contributed by atoms with E-state index >= 15 is 0 Å². The molecule has 0 heterocycles. The number of nitrogens with zero attached hydrogens (tertiary/aromatic N) is 1. The molecule has 0 aromatic heterocycles. The molecule has 5 nitrogen and oxygen atoms in total. The van der Waals surface area contributed by atoms with Gasteiger partial charge in [0.05, 0.1) is 17.7 Å². The number of benzene rings is 2. The predicted molar refractivity (Wildman–Crippen MR) is 76.8 cm³/mol. The Morgan fingerprint density at radius 1 is 1.19 bits per heavy atom. The molecule has 0 radical (unpaired) electrons. The van der Waals surface area contributed by atoms with Gasteiger partial charge in [-0.05, 0) is 42.8 Å². The monoisotopic (exact) mass is 282 g/mol. The van der Waals surface area contributed by atoms with E-state index in [-0.39, 0.29) is 29.0 Å². The van der Waals surface area contributed by atoms with Crippen LogP contribution in [0, 0.1) is 11.3 Å². The van der Waals surface area contributed by atoms with Crippen LogP contribution in [0.1, 0.15) is 34.5 Å². The Morgan fingerprint density at radius 2 is 1.95 bits per heavy atom. The Bertz CT molecular complexity index is 720. The third-order valence-corrected chi connectivity index (χ3v) is 3.10. The smallest absolute Gasteiger partial charge is 0.251 e. The molecule has 0 spiro atoms. The van der Waals surface area contributed by atoms with Crippen molar-refractivity contribution in [2.75, 3.05) is 0 Å². The standard InChI is InChI=1S/C16H14N2O3/c1-10(12-4-2-3-11(7-12)9-17)18-16(21)13-5-6-14(19)15(20)8-13/h2-8,10,19-20H,1H3,(H,18,21)/t10-/m0/s1. The van der Waals surface area contributed by atoms with E-state index in [2.05, 4.69) is 5.32 Å². The lowest BCUT2D eigenvalue weighted by atomic mass is 10.1. The fourth-order valence-corrected chi connectivity index (χ4v) is 1.91. The van der Waals surface area contributed by atoms with E-state index in [1.165, 1.54) is 18.2 Å². The second kappa shape index (κ2) is 5.97. The number of nitriles is 1. The molecule has 0 bridgehead atoms. The summed E-state index contributed by atoms with van der Waals surface area (Å²) in [6, 6.07) is 12.6. The van der Waals surface area contributed by atoms with Crippen molar-refractivity contribution in [2.45, 2.75) is 13.0 Å². The summed E-state index contributed by atoms with van der Waals surface area (Å²) in [7, 11) is 0. The zero-order valence-corrected chi connectivity index (χ0v) is 11.4. The molecule has 0 aliphatic rings. The maximum Gasteiger partial charge on any atom is 0.251 e. The summed E-state index contributed by atoms with van der Waals surface area (Å²) in [6.45, 7) is 1.80. The van der Waals surface area contributed by atoms with Crippen molar-refractivity contribution in [3.63, 3.8) is 0 Å². The van der Waals surface area contributed by atoms with E-state index in [4.69, 9.17) is 5.26 Å². The number of amides is 1. The third kappa shape index (κ3) is 3.31. The molecule has 21 heavy (non-hydrogen) atoms. The largest absolute Gasteiger partial charge is 0.504 e. The zero-order valence-electron chi connectivity index (χ0n) is 11.4. The second-order valence-corrected chi connectivity index (χ2v) is 4.64. The van der Waals surface area contributed by atoms with Gasteiger partial charge in [-0.25, -0.2) is 0 Å². The SMILES string of the molecule is C[C@H](NC(=O)c1ccc(O)c(O)c1)c1cccc(C#N)c1. The van der Waals surface area contributed by atoms with Crippen molar-refractivity contribution >= 4 is 5.91 Å². The highest BCUT2D eigenvalue weighted by Crippen LogP contribution is 2.25. The normalized spacial score (nSPS) is 11.4. The lowest BCUT2D eigenvalue weighted by molar-refractivity contribution is 0.0939. The number of phenolic OH excluding ortho intramolecular Hbond substituents is 2. The van der Waals surface area contributed by atoms with Gasteiger partial charge in [0.2, 0.25) is 0 Å². The van der Waals surface area contributed by atoms with E-state index in [0.29, 0.717) is 5.56 Å². The van der Waals surface area contributed by atoms with Crippen LogP contribution in [-0.4, -0.2) is 16.1 Å². The number of phenols is 2. The molecular weight excluding hydrogens is 268 g/mol. The first-order chi connectivity index (χ1) is 10.0.